The second kappa shape index (κ2) is 2.80. The topological polar surface area (TPSA) is 31.6 Å². The van der Waals surface area contributed by atoms with Crippen molar-refractivity contribution in [1.29, 1.82) is 0 Å². The monoisotopic (exact) mass is 188 g/mol. The van der Waals surface area contributed by atoms with Crippen molar-refractivity contribution in [2.75, 3.05) is 6.79 Å². The van der Waals surface area contributed by atoms with Gasteiger partial charge in [0, 0.05) is 5.56 Å². The Morgan fingerprint density at radius 2 is 1.93 bits per heavy atom. The van der Waals surface area contributed by atoms with Crippen molar-refractivity contribution >= 4 is 0 Å². The molecule has 2 aromatic rings. The van der Waals surface area contributed by atoms with E-state index < -0.39 is 0 Å². The lowest BCUT2D eigenvalue weighted by atomic mass is 10.1. The number of hydrogen-bond acceptors (Lipinski definition) is 3. The summed E-state index contributed by atoms with van der Waals surface area (Å²) in [5, 5.41) is 0. The van der Waals surface area contributed by atoms with E-state index >= 15 is 0 Å². The minimum absolute atomic E-state index is 0.303. The van der Waals surface area contributed by atoms with Crippen LogP contribution in [0.15, 0.2) is 41.0 Å². The van der Waals surface area contributed by atoms with E-state index in [0.717, 1.165) is 22.8 Å². The van der Waals surface area contributed by atoms with Crippen LogP contribution in [0.3, 0.4) is 0 Å². The number of rotatable bonds is 1. The zero-order chi connectivity index (χ0) is 9.38. The molecule has 3 heteroatoms. The lowest BCUT2D eigenvalue weighted by Gasteiger charge is -1.98. The molecule has 0 aliphatic carbocycles. The fourth-order valence-electron chi connectivity index (χ4n) is 1.49. The zero-order valence-corrected chi connectivity index (χ0v) is 7.40. The van der Waals surface area contributed by atoms with E-state index in [4.69, 9.17) is 13.9 Å². The number of hydrogen-bond donors (Lipinski definition) is 0. The minimum atomic E-state index is 0.303. The van der Waals surface area contributed by atoms with Crippen LogP contribution in [-0.4, -0.2) is 6.79 Å². The van der Waals surface area contributed by atoms with Gasteiger partial charge in [-0.25, -0.2) is 0 Å². The molecule has 0 saturated heterocycles. The molecule has 3 nitrogen and oxygen atoms in total. The Labute approximate surface area is 80.9 Å². The van der Waals surface area contributed by atoms with Gasteiger partial charge < -0.3 is 13.9 Å². The van der Waals surface area contributed by atoms with Crippen LogP contribution in [-0.2, 0) is 0 Å². The third-order valence-corrected chi connectivity index (χ3v) is 2.18. The Kier molecular flexibility index (Phi) is 1.50. The van der Waals surface area contributed by atoms with Crippen molar-refractivity contribution in [3.05, 3.63) is 36.6 Å². The van der Waals surface area contributed by atoms with Crippen molar-refractivity contribution in [3.63, 3.8) is 0 Å². The normalized spacial score (nSPS) is 13.1. The maximum atomic E-state index is 5.28. The second-order valence-corrected chi connectivity index (χ2v) is 3.05. The molecule has 1 aromatic carbocycles. The number of fused-ring (bicyclic) bond motifs is 1. The van der Waals surface area contributed by atoms with Gasteiger partial charge >= 0.3 is 0 Å². The average Bonchev–Trinajstić information content (AvgIpc) is 2.88. The Morgan fingerprint density at radius 3 is 2.79 bits per heavy atom. The predicted octanol–water partition coefficient (Wildman–Crippen LogP) is 2.68. The van der Waals surface area contributed by atoms with E-state index in [9.17, 15) is 0 Å². The van der Waals surface area contributed by atoms with Gasteiger partial charge in [0.25, 0.3) is 0 Å². The van der Waals surface area contributed by atoms with Gasteiger partial charge in [-0.3, -0.25) is 0 Å². The van der Waals surface area contributed by atoms with Crippen molar-refractivity contribution in [2.45, 2.75) is 0 Å². The molecule has 0 fully saturated rings. The van der Waals surface area contributed by atoms with Crippen LogP contribution in [0.1, 0.15) is 0 Å². The fraction of sp³-hybridized carbons (Fsp3) is 0.0909. The lowest BCUT2D eigenvalue weighted by Crippen LogP contribution is -1.92. The highest BCUT2D eigenvalue weighted by molar-refractivity contribution is 5.62. The Bertz CT molecular complexity index is 446. The van der Waals surface area contributed by atoms with Gasteiger partial charge in [0.1, 0.15) is 5.76 Å². The van der Waals surface area contributed by atoms with Crippen LogP contribution < -0.4 is 9.47 Å². The van der Waals surface area contributed by atoms with Gasteiger partial charge in [-0.05, 0) is 30.3 Å². The van der Waals surface area contributed by atoms with E-state index in [1.54, 1.807) is 6.26 Å². The number of furan rings is 1. The summed E-state index contributed by atoms with van der Waals surface area (Å²) < 4.78 is 15.8. The van der Waals surface area contributed by atoms with E-state index in [2.05, 4.69) is 0 Å². The molecule has 0 spiro atoms. The summed E-state index contributed by atoms with van der Waals surface area (Å²) in [6.07, 6.45) is 1.65. The van der Waals surface area contributed by atoms with Crippen LogP contribution >= 0.6 is 0 Å². The number of benzene rings is 1. The summed E-state index contributed by atoms with van der Waals surface area (Å²) >= 11 is 0. The molecule has 0 amide bonds. The molecule has 0 unspecified atom stereocenters. The molecule has 1 aliphatic rings. The van der Waals surface area contributed by atoms with E-state index in [0.29, 0.717) is 6.79 Å². The molecule has 70 valence electrons. The van der Waals surface area contributed by atoms with E-state index in [-0.39, 0.29) is 0 Å². The third-order valence-electron chi connectivity index (χ3n) is 2.18. The summed E-state index contributed by atoms with van der Waals surface area (Å²) in [5.74, 6) is 2.41. The second-order valence-electron chi connectivity index (χ2n) is 3.05. The molecule has 1 aliphatic heterocycles. The summed E-state index contributed by atoms with van der Waals surface area (Å²) in [6.45, 7) is 0.303. The molecule has 0 N–H and O–H groups in total. The standard InChI is InChI=1S/C11H8O3/c1-2-9(12-5-1)8-3-4-10-11(6-8)14-7-13-10/h1-6H,7H2. The van der Waals surface area contributed by atoms with Crippen LogP contribution in [0.25, 0.3) is 11.3 Å². The Balaban J connectivity index is 2.09. The molecular formula is C11H8O3. The summed E-state index contributed by atoms with van der Waals surface area (Å²) in [7, 11) is 0. The van der Waals surface area contributed by atoms with Gasteiger partial charge in [-0.2, -0.15) is 0 Å². The van der Waals surface area contributed by atoms with Crippen LogP contribution in [0.5, 0.6) is 11.5 Å². The van der Waals surface area contributed by atoms with Crippen LogP contribution in [0.4, 0.5) is 0 Å². The van der Waals surface area contributed by atoms with Gasteiger partial charge in [0.15, 0.2) is 11.5 Å². The first-order chi connectivity index (χ1) is 6.93. The van der Waals surface area contributed by atoms with Gasteiger partial charge in [0.2, 0.25) is 6.79 Å². The molecular weight excluding hydrogens is 180 g/mol. The first kappa shape index (κ1) is 7.50. The highest BCUT2D eigenvalue weighted by atomic mass is 16.7. The maximum Gasteiger partial charge on any atom is 0.231 e. The first-order valence-electron chi connectivity index (χ1n) is 4.37. The van der Waals surface area contributed by atoms with Crippen molar-refractivity contribution in [2.24, 2.45) is 0 Å². The van der Waals surface area contributed by atoms with Crippen molar-refractivity contribution < 1.29 is 13.9 Å². The lowest BCUT2D eigenvalue weighted by molar-refractivity contribution is 0.174. The largest absolute Gasteiger partial charge is 0.464 e. The first-order valence-corrected chi connectivity index (χ1v) is 4.37. The van der Waals surface area contributed by atoms with Gasteiger partial charge in [-0.15, -0.1) is 0 Å². The summed E-state index contributed by atoms with van der Waals surface area (Å²) in [5.41, 5.74) is 0.999. The van der Waals surface area contributed by atoms with Crippen molar-refractivity contribution in [3.8, 4) is 22.8 Å². The molecule has 0 radical (unpaired) electrons. The molecule has 0 atom stereocenters. The number of ether oxygens (including phenoxy) is 2. The fourth-order valence-corrected chi connectivity index (χ4v) is 1.49. The molecule has 2 heterocycles. The predicted molar refractivity (Wildman–Crippen MR) is 50.3 cm³/mol. The molecule has 14 heavy (non-hydrogen) atoms. The molecule has 1 aromatic heterocycles. The highest BCUT2D eigenvalue weighted by Crippen LogP contribution is 2.35. The van der Waals surface area contributed by atoms with Crippen LogP contribution in [0.2, 0.25) is 0 Å². The minimum Gasteiger partial charge on any atom is -0.464 e. The molecule has 0 bridgehead atoms. The molecule has 3 rings (SSSR count). The van der Waals surface area contributed by atoms with Gasteiger partial charge in [0.05, 0.1) is 6.26 Å². The van der Waals surface area contributed by atoms with Crippen LogP contribution in [0, 0.1) is 0 Å². The third kappa shape index (κ3) is 1.06. The smallest absolute Gasteiger partial charge is 0.231 e. The maximum absolute atomic E-state index is 5.28. The summed E-state index contributed by atoms with van der Waals surface area (Å²) in [4.78, 5) is 0. The SMILES string of the molecule is c1coc(-c2ccc3c(c2)OCO3)c1. The Morgan fingerprint density at radius 1 is 1.00 bits per heavy atom. The van der Waals surface area contributed by atoms with Gasteiger partial charge in [-0.1, -0.05) is 0 Å². The Hall–Kier alpha value is -1.90. The molecule has 0 saturated carbocycles. The van der Waals surface area contributed by atoms with Crippen molar-refractivity contribution in [1.82, 2.24) is 0 Å². The van der Waals surface area contributed by atoms with E-state index in [1.807, 2.05) is 30.3 Å². The zero-order valence-electron chi connectivity index (χ0n) is 7.40. The van der Waals surface area contributed by atoms with E-state index in [1.165, 1.54) is 0 Å². The summed E-state index contributed by atoms with van der Waals surface area (Å²) in [6, 6.07) is 9.53. The average molecular weight is 188 g/mol. The quantitative estimate of drug-likeness (QED) is 0.689. The highest BCUT2D eigenvalue weighted by Gasteiger charge is 2.14.